The molecule has 1 aliphatic rings. The van der Waals surface area contributed by atoms with Crippen molar-refractivity contribution >= 4 is 21.9 Å². The van der Waals surface area contributed by atoms with Gasteiger partial charge < -0.3 is 10.4 Å². The van der Waals surface area contributed by atoms with E-state index in [0.717, 1.165) is 6.42 Å². The second-order valence-electron chi connectivity index (χ2n) is 5.51. The van der Waals surface area contributed by atoms with Gasteiger partial charge in [0.15, 0.2) is 0 Å². The Hall–Kier alpha value is -2.37. The number of benzene rings is 1. The molecule has 0 aliphatic heterocycles. The molecule has 8 heteroatoms. The molecule has 0 spiro atoms. The van der Waals surface area contributed by atoms with Gasteiger partial charge in [-0.05, 0) is 37.1 Å². The lowest BCUT2D eigenvalue weighted by atomic mass is 10.0. The minimum Gasteiger partial charge on any atom is -0.481 e. The average Bonchev–Trinajstić information content (AvgIpc) is 3.01. The Bertz CT molecular complexity index is 765. The molecule has 1 saturated carbocycles. The number of amides is 1. The van der Waals surface area contributed by atoms with Crippen molar-refractivity contribution in [2.45, 2.75) is 30.2 Å². The van der Waals surface area contributed by atoms with Gasteiger partial charge in [-0.1, -0.05) is 12.3 Å². The smallest absolute Gasteiger partial charge is 0.308 e. The fourth-order valence-electron chi connectivity index (χ4n) is 2.69. The number of carbonyl (C=O) groups is 2. The van der Waals surface area contributed by atoms with E-state index >= 15 is 0 Å². The molecule has 24 heavy (non-hydrogen) atoms. The molecule has 1 aromatic carbocycles. The number of aliphatic carboxylic acids is 1. The van der Waals surface area contributed by atoms with Crippen LogP contribution in [0.3, 0.4) is 0 Å². The van der Waals surface area contributed by atoms with Crippen molar-refractivity contribution in [2.75, 3.05) is 6.54 Å². The second kappa shape index (κ2) is 7.47. The van der Waals surface area contributed by atoms with Crippen LogP contribution in [0, 0.1) is 18.3 Å². The summed E-state index contributed by atoms with van der Waals surface area (Å²) < 4.78 is 26.0. The SMILES string of the molecule is C#CCNS(=O)(=O)c1ccc(C(=O)N[C@H]2CCC[C@H]2C(=O)O)cc1. The zero-order valence-electron chi connectivity index (χ0n) is 12.9. The Kier molecular flexibility index (Phi) is 5.59. The number of sulfonamides is 1. The summed E-state index contributed by atoms with van der Waals surface area (Å²) in [5, 5.41) is 11.8. The third-order valence-electron chi connectivity index (χ3n) is 3.94. The lowest BCUT2D eigenvalue weighted by Crippen LogP contribution is -2.40. The van der Waals surface area contributed by atoms with Crippen LogP contribution < -0.4 is 10.0 Å². The van der Waals surface area contributed by atoms with Gasteiger partial charge in [-0.2, -0.15) is 4.72 Å². The summed E-state index contributed by atoms with van der Waals surface area (Å²) in [5.74, 6) is 0.252. The van der Waals surface area contributed by atoms with Gasteiger partial charge in [0.1, 0.15) is 0 Å². The van der Waals surface area contributed by atoms with Crippen LogP contribution in [0.2, 0.25) is 0 Å². The molecule has 128 valence electrons. The number of carbonyl (C=O) groups excluding carboxylic acids is 1. The van der Waals surface area contributed by atoms with Crippen molar-refractivity contribution in [3.05, 3.63) is 29.8 Å². The Morgan fingerprint density at radius 3 is 2.50 bits per heavy atom. The standard InChI is InChI=1S/C16H18N2O5S/c1-2-10-17-24(22,23)12-8-6-11(7-9-12)15(19)18-14-5-3-4-13(14)16(20)21/h1,6-9,13-14,17H,3-5,10H2,(H,18,19)(H,20,21)/t13-,14+/m1/s1. The molecule has 1 aromatic rings. The first kappa shape index (κ1) is 18.0. The predicted molar refractivity (Wildman–Crippen MR) is 86.7 cm³/mol. The van der Waals surface area contributed by atoms with Gasteiger partial charge in [0.25, 0.3) is 5.91 Å². The number of hydrogen-bond acceptors (Lipinski definition) is 4. The van der Waals surface area contributed by atoms with Crippen LogP contribution in [0.25, 0.3) is 0 Å². The van der Waals surface area contributed by atoms with Gasteiger partial charge in [-0.25, -0.2) is 8.42 Å². The maximum Gasteiger partial charge on any atom is 0.308 e. The summed E-state index contributed by atoms with van der Waals surface area (Å²) in [4.78, 5) is 23.3. The molecule has 1 fully saturated rings. The molecule has 2 atom stereocenters. The molecule has 0 radical (unpaired) electrons. The van der Waals surface area contributed by atoms with Crippen molar-refractivity contribution in [3.8, 4) is 12.3 Å². The van der Waals surface area contributed by atoms with E-state index in [1.54, 1.807) is 0 Å². The molecule has 1 aliphatic carbocycles. The van der Waals surface area contributed by atoms with Crippen molar-refractivity contribution < 1.29 is 23.1 Å². The molecular weight excluding hydrogens is 332 g/mol. The summed E-state index contributed by atoms with van der Waals surface area (Å²) in [6, 6.07) is 4.96. The quantitative estimate of drug-likeness (QED) is 0.650. The molecule has 0 unspecified atom stereocenters. The van der Waals surface area contributed by atoms with Gasteiger partial charge in [-0.3, -0.25) is 9.59 Å². The highest BCUT2D eigenvalue weighted by Gasteiger charge is 2.34. The van der Waals surface area contributed by atoms with Gasteiger partial charge >= 0.3 is 5.97 Å². The Labute approximate surface area is 140 Å². The summed E-state index contributed by atoms with van der Waals surface area (Å²) in [6.07, 6.45) is 6.92. The molecule has 7 nitrogen and oxygen atoms in total. The van der Waals surface area contributed by atoms with Gasteiger partial charge in [-0.15, -0.1) is 6.42 Å². The van der Waals surface area contributed by atoms with Crippen LogP contribution >= 0.6 is 0 Å². The van der Waals surface area contributed by atoms with E-state index in [1.165, 1.54) is 24.3 Å². The normalized spacial score (nSPS) is 20.3. The minimum absolute atomic E-state index is 0.00132. The summed E-state index contributed by atoms with van der Waals surface area (Å²) in [7, 11) is -3.71. The number of carboxylic acid groups (broad SMARTS) is 1. The molecule has 0 aromatic heterocycles. The topological polar surface area (TPSA) is 113 Å². The van der Waals surface area contributed by atoms with Crippen molar-refractivity contribution in [1.82, 2.24) is 10.0 Å². The number of hydrogen-bond donors (Lipinski definition) is 3. The van der Waals surface area contributed by atoms with Gasteiger partial charge in [0.2, 0.25) is 10.0 Å². The largest absolute Gasteiger partial charge is 0.481 e. The van der Waals surface area contributed by atoms with E-state index in [1.807, 2.05) is 0 Å². The van der Waals surface area contributed by atoms with Crippen LogP contribution in [-0.2, 0) is 14.8 Å². The van der Waals surface area contributed by atoms with E-state index in [2.05, 4.69) is 16.0 Å². The van der Waals surface area contributed by atoms with Crippen LogP contribution in [0.15, 0.2) is 29.2 Å². The third-order valence-corrected chi connectivity index (χ3v) is 5.36. The van der Waals surface area contributed by atoms with E-state index in [-0.39, 0.29) is 17.0 Å². The zero-order chi connectivity index (χ0) is 17.7. The van der Waals surface area contributed by atoms with Gasteiger partial charge in [0.05, 0.1) is 17.4 Å². The fraction of sp³-hybridized carbons (Fsp3) is 0.375. The molecular formula is C16H18N2O5S. The molecule has 2 rings (SSSR count). The Balaban J connectivity index is 2.06. The van der Waals surface area contributed by atoms with Crippen LogP contribution in [-0.4, -0.2) is 38.0 Å². The maximum absolute atomic E-state index is 12.2. The van der Waals surface area contributed by atoms with Crippen molar-refractivity contribution in [1.29, 1.82) is 0 Å². The molecule has 0 saturated heterocycles. The van der Waals surface area contributed by atoms with E-state index in [0.29, 0.717) is 12.8 Å². The van der Waals surface area contributed by atoms with Crippen LogP contribution in [0.5, 0.6) is 0 Å². The Morgan fingerprint density at radius 1 is 1.25 bits per heavy atom. The number of carboxylic acids is 1. The first-order valence-electron chi connectivity index (χ1n) is 7.42. The fourth-order valence-corrected chi connectivity index (χ4v) is 3.62. The highest BCUT2D eigenvalue weighted by atomic mass is 32.2. The first-order chi connectivity index (χ1) is 11.3. The van der Waals surface area contributed by atoms with Crippen molar-refractivity contribution in [3.63, 3.8) is 0 Å². The number of rotatable bonds is 6. The van der Waals surface area contributed by atoms with Crippen LogP contribution in [0.4, 0.5) is 0 Å². The first-order valence-corrected chi connectivity index (χ1v) is 8.90. The monoisotopic (exact) mass is 350 g/mol. The second-order valence-corrected chi connectivity index (χ2v) is 7.28. The van der Waals surface area contributed by atoms with Crippen molar-refractivity contribution in [2.24, 2.45) is 5.92 Å². The lowest BCUT2D eigenvalue weighted by Gasteiger charge is -2.17. The molecule has 0 heterocycles. The predicted octanol–water partition coefficient (Wildman–Crippen LogP) is 0.581. The highest BCUT2D eigenvalue weighted by Crippen LogP contribution is 2.26. The molecule has 0 bridgehead atoms. The number of nitrogens with one attached hydrogen (secondary N) is 2. The highest BCUT2D eigenvalue weighted by molar-refractivity contribution is 7.89. The molecule has 3 N–H and O–H groups in total. The minimum atomic E-state index is -3.71. The van der Waals surface area contributed by atoms with Crippen LogP contribution in [0.1, 0.15) is 29.6 Å². The number of terminal acetylenes is 1. The van der Waals surface area contributed by atoms with E-state index in [9.17, 15) is 18.0 Å². The average molecular weight is 350 g/mol. The third kappa shape index (κ3) is 4.13. The van der Waals surface area contributed by atoms with E-state index < -0.39 is 33.9 Å². The summed E-state index contributed by atoms with van der Waals surface area (Å²) >= 11 is 0. The zero-order valence-corrected chi connectivity index (χ0v) is 13.7. The van der Waals surface area contributed by atoms with Gasteiger partial charge in [0, 0.05) is 11.6 Å². The molecule has 1 amide bonds. The maximum atomic E-state index is 12.2. The summed E-state index contributed by atoms with van der Waals surface area (Å²) in [6.45, 7) is -0.122. The Morgan fingerprint density at radius 2 is 1.92 bits per heavy atom. The van der Waals surface area contributed by atoms with E-state index in [4.69, 9.17) is 11.5 Å². The summed E-state index contributed by atoms with van der Waals surface area (Å²) in [5.41, 5.74) is 0.266. The lowest BCUT2D eigenvalue weighted by molar-refractivity contribution is -0.142.